The van der Waals surface area contributed by atoms with E-state index < -0.39 is 0 Å². The molecule has 0 aliphatic heterocycles. The third-order valence-electron chi connectivity index (χ3n) is 3.01. The quantitative estimate of drug-likeness (QED) is 0.693. The molecule has 0 unspecified atom stereocenters. The summed E-state index contributed by atoms with van der Waals surface area (Å²) in [5, 5.41) is 3.71. The van der Waals surface area contributed by atoms with Crippen LogP contribution in [0.15, 0.2) is 48.5 Å². The third-order valence-corrected chi connectivity index (χ3v) is 3.57. The van der Waals surface area contributed by atoms with Gasteiger partial charge in [-0.2, -0.15) is 0 Å². The van der Waals surface area contributed by atoms with E-state index >= 15 is 0 Å². The predicted molar refractivity (Wildman–Crippen MR) is 90.2 cm³/mol. The number of para-hydroxylation sites is 2. The van der Waals surface area contributed by atoms with Crippen molar-refractivity contribution >= 4 is 52.2 Å². The molecule has 0 aliphatic carbocycles. The van der Waals surface area contributed by atoms with Gasteiger partial charge in [0.1, 0.15) is 0 Å². The van der Waals surface area contributed by atoms with Gasteiger partial charge in [0, 0.05) is 16.1 Å². The van der Waals surface area contributed by atoms with Crippen molar-refractivity contribution < 1.29 is 4.79 Å². The minimum absolute atomic E-state index is 0.301. The zero-order valence-electron chi connectivity index (χ0n) is 11.3. The molecule has 2 N–H and O–H groups in total. The molecule has 0 bridgehead atoms. The van der Waals surface area contributed by atoms with Crippen LogP contribution in [-0.4, -0.2) is 15.9 Å². The van der Waals surface area contributed by atoms with Gasteiger partial charge in [-0.05, 0) is 35.9 Å². The number of hydrogen-bond acceptors (Lipinski definition) is 2. The molecule has 0 radical (unpaired) electrons. The highest BCUT2D eigenvalue weighted by Gasteiger charge is 2.04. The Bertz CT molecular complexity index is 838. The highest BCUT2D eigenvalue weighted by Crippen LogP contribution is 2.22. The molecule has 3 aromatic rings. The molecule has 0 saturated carbocycles. The van der Waals surface area contributed by atoms with Crippen LogP contribution in [-0.2, 0) is 4.79 Å². The minimum Gasteiger partial charge on any atom is -0.324 e. The van der Waals surface area contributed by atoms with Crippen molar-refractivity contribution in [1.82, 2.24) is 9.97 Å². The maximum atomic E-state index is 11.9. The van der Waals surface area contributed by atoms with Crippen molar-refractivity contribution in [3.8, 4) is 0 Å². The zero-order chi connectivity index (χ0) is 15.5. The lowest BCUT2D eigenvalue weighted by Gasteiger charge is -1.99. The number of carbonyl (C=O) groups excluding carboxylic acids is 1. The molecule has 22 heavy (non-hydrogen) atoms. The first-order valence-electron chi connectivity index (χ1n) is 6.51. The average Bonchev–Trinajstić information content (AvgIpc) is 2.88. The van der Waals surface area contributed by atoms with Crippen LogP contribution in [0.5, 0.6) is 0 Å². The number of H-pyrrole nitrogens is 1. The molecule has 0 fully saturated rings. The summed E-state index contributed by atoms with van der Waals surface area (Å²) in [5.74, 6) is 0.100. The average molecular weight is 332 g/mol. The van der Waals surface area contributed by atoms with Crippen molar-refractivity contribution in [2.45, 2.75) is 0 Å². The van der Waals surface area contributed by atoms with E-state index in [-0.39, 0.29) is 5.91 Å². The Hall–Kier alpha value is -2.30. The first-order chi connectivity index (χ1) is 10.6. The fourth-order valence-electron chi connectivity index (χ4n) is 1.97. The Kier molecular flexibility index (Phi) is 4.13. The van der Waals surface area contributed by atoms with Gasteiger partial charge in [0.15, 0.2) is 0 Å². The van der Waals surface area contributed by atoms with Gasteiger partial charge in [0.2, 0.25) is 5.95 Å². The topological polar surface area (TPSA) is 57.8 Å². The highest BCUT2D eigenvalue weighted by atomic mass is 35.5. The SMILES string of the molecule is O=C(/C=C/c1ccc(Cl)cc1Cl)Nc1nc2ccccc2[nH]1. The lowest BCUT2D eigenvalue weighted by Crippen LogP contribution is -2.08. The number of imidazole rings is 1. The van der Waals surface area contributed by atoms with E-state index in [9.17, 15) is 4.79 Å². The first-order valence-corrected chi connectivity index (χ1v) is 7.26. The van der Waals surface area contributed by atoms with E-state index in [1.807, 2.05) is 24.3 Å². The number of aromatic nitrogens is 2. The van der Waals surface area contributed by atoms with E-state index in [0.717, 1.165) is 11.0 Å². The lowest BCUT2D eigenvalue weighted by molar-refractivity contribution is -0.111. The van der Waals surface area contributed by atoms with Crippen molar-refractivity contribution in [1.29, 1.82) is 0 Å². The predicted octanol–water partition coefficient (Wildman–Crippen LogP) is 4.52. The molecule has 6 heteroatoms. The number of aromatic amines is 1. The van der Waals surface area contributed by atoms with Gasteiger partial charge >= 0.3 is 0 Å². The number of nitrogens with one attached hydrogen (secondary N) is 2. The molecule has 0 saturated heterocycles. The van der Waals surface area contributed by atoms with Gasteiger partial charge in [-0.15, -0.1) is 0 Å². The van der Waals surface area contributed by atoms with Gasteiger partial charge in [-0.1, -0.05) is 41.4 Å². The van der Waals surface area contributed by atoms with Gasteiger partial charge in [0.05, 0.1) is 11.0 Å². The highest BCUT2D eigenvalue weighted by molar-refractivity contribution is 6.35. The van der Waals surface area contributed by atoms with Crippen LogP contribution in [0.4, 0.5) is 5.95 Å². The summed E-state index contributed by atoms with van der Waals surface area (Å²) < 4.78 is 0. The van der Waals surface area contributed by atoms with Gasteiger partial charge in [-0.25, -0.2) is 4.98 Å². The van der Waals surface area contributed by atoms with E-state index in [0.29, 0.717) is 21.6 Å². The summed E-state index contributed by atoms with van der Waals surface area (Å²) in [6, 6.07) is 12.6. The molecule has 1 heterocycles. The van der Waals surface area contributed by atoms with Crippen LogP contribution >= 0.6 is 23.2 Å². The third kappa shape index (κ3) is 3.30. The van der Waals surface area contributed by atoms with Crippen LogP contribution in [0.25, 0.3) is 17.1 Å². The Labute approximate surface area is 136 Å². The number of hydrogen-bond donors (Lipinski definition) is 2. The minimum atomic E-state index is -0.301. The molecule has 3 rings (SSSR count). The van der Waals surface area contributed by atoms with Crippen molar-refractivity contribution in [2.75, 3.05) is 5.32 Å². The smallest absolute Gasteiger partial charge is 0.250 e. The monoisotopic (exact) mass is 331 g/mol. The van der Waals surface area contributed by atoms with Crippen LogP contribution in [0.3, 0.4) is 0 Å². The molecule has 0 atom stereocenters. The fraction of sp³-hybridized carbons (Fsp3) is 0. The number of benzene rings is 2. The zero-order valence-corrected chi connectivity index (χ0v) is 12.8. The maximum absolute atomic E-state index is 11.9. The largest absolute Gasteiger partial charge is 0.324 e. The Morgan fingerprint density at radius 1 is 1.18 bits per heavy atom. The summed E-state index contributed by atoms with van der Waals surface area (Å²) in [6.07, 6.45) is 3.01. The second-order valence-electron chi connectivity index (χ2n) is 4.59. The summed E-state index contributed by atoms with van der Waals surface area (Å²) >= 11 is 11.9. The molecule has 1 amide bonds. The Balaban J connectivity index is 1.73. The molecule has 2 aromatic carbocycles. The lowest BCUT2D eigenvalue weighted by atomic mass is 10.2. The number of carbonyl (C=O) groups is 1. The molecule has 4 nitrogen and oxygen atoms in total. The van der Waals surface area contributed by atoms with Crippen molar-refractivity contribution in [2.24, 2.45) is 0 Å². The summed E-state index contributed by atoms with van der Waals surface area (Å²) in [4.78, 5) is 19.2. The number of nitrogens with zero attached hydrogens (tertiary/aromatic N) is 1. The second kappa shape index (κ2) is 6.22. The van der Waals surface area contributed by atoms with Crippen LogP contribution in [0, 0.1) is 0 Å². The van der Waals surface area contributed by atoms with Gasteiger partial charge < -0.3 is 4.98 Å². The molecule has 1 aromatic heterocycles. The number of fused-ring (bicyclic) bond motifs is 1. The van der Waals surface area contributed by atoms with Gasteiger partial charge in [-0.3, -0.25) is 10.1 Å². The van der Waals surface area contributed by atoms with Crippen molar-refractivity contribution in [3.63, 3.8) is 0 Å². The van der Waals surface area contributed by atoms with E-state index in [1.54, 1.807) is 24.3 Å². The van der Waals surface area contributed by atoms with Gasteiger partial charge in [0.25, 0.3) is 5.91 Å². The maximum Gasteiger partial charge on any atom is 0.250 e. The standard InChI is InChI=1S/C16H11Cl2N3O/c17-11-7-5-10(12(18)9-11)6-8-15(22)21-16-19-13-3-1-2-4-14(13)20-16/h1-9H,(H2,19,20,21,22)/b8-6+. The van der Waals surface area contributed by atoms with Crippen LogP contribution in [0.2, 0.25) is 10.0 Å². The second-order valence-corrected chi connectivity index (χ2v) is 5.43. The number of halogens is 2. The number of rotatable bonds is 3. The van der Waals surface area contributed by atoms with E-state index in [4.69, 9.17) is 23.2 Å². The molecule has 110 valence electrons. The first kappa shape index (κ1) is 14.6. The Morgan fingerprint density at radius 3 is 2.77 bits per heavy atom. The van der Waals surface area contributed by atoms with E-state index in [2.05, 4.69) is 15.3 Å². The summed E-state index contributed by atoms with van der Waals surface area (Å²) in [7, 11) is 0. The fourth-order valence-corrected chi connectivity index (χ4v) is 2.44. The summed E-state index contributed by atoms with van der Waals surface area (Å²) in [5.41, 5.74) is 2.37. The van der Waals surface area contributed by atoms with Crippen molar-refractivity contribution in [3.05, 3.63) is 64.1 Å². The number of anilines is 1. The Morgan fingerprint density at radius 2 is 2.00 bits per heavy atom. The van der Waals surface area contributed by atoms with E-state index in [1.165, 1.54) is 6.08 Å². The molecule has 0 aliphatic rings. The van der Waals surface area contributed by atoms with Crippen LogP contribution in [0.1, 0.15) is 5.56 Å². The van der Waals surface area contributed by atoms with Crippen LogP contribution < -0.4 is 5.32 Å². The molecular formula is C16H11Cl2N3O. The summed E-state index contributed by atoms with van der Waals surface area (Å²) in [6.45, 7) is 0. The number of amides is 1. The molecular weight excluding hydrogens is 321 g/mol. The normalized spacial score (nSPS) is 11.2. The molecule has 0 spiro atoms.